The molecule has 118 valence electrons. The van der Waals surface area contributed by atoms with Crippen molar-refractivity contribution in [3.05, 3.63) is 28.7 Å². The summed E-state index contributed by atoms with van der Waals surface area (Å²) in [5.74, 6) is 0.262. The van der Waals surface area contributed by atoms with Crippen LogP contribution in [0, 0.1) is 5.92 Å². The first-order valence-electron chi connectivity index (χ1n) is 8.02. The molecular formula is C17H21BrN2O2. The number of hydrogen-bond acceptors (Lipinski definition) is 2. The Balaban J connectivity index is 1.65. The molecule has 1 N–H and O–H groups in total. The Kier molecular flexibility index (Phi) is 4.81. The van der Waals surface area contributed by atoms with E-state index < -0.39 is 0 Å². The lowest BCUT2D eigenvalue weighted by molar-refractivity contribution is -0.140. The molecule has 1 aromatic rings. The van der Waals surface area contributed by atoms with Crippen LogP contribution < -0.4 is 5.32 Å². The minimum atomic E-state index is -0.309. The summed E-state index contributed by atoms with van der Waals surface area (Å²) in [6.45, 7) is 0.716. The summed E-state index contributed by atoms with van der Waals surface area (Å²) in [4.78, 5) is 26.9. The van der Waals surface area contributed by atoms with Gasteiger partial charge in [-0.25, -0.2) is 0 Å². The van der Waals surface area contributed by atoms with Gasteiger partial charge in [-0.15, -0.1) is 0 Å². The van der Waals surface area contributed by atoms with Crippen LogP contribution in [0.3, 0.4) is 0 Å². The summed E-state index contributed by atoms with van der Waals surface area (Å²) in [5, 5.41) is 2.93. The van der Waals surface area contributed by atoms with Crippen LogP contribution in [0.1, 0.15) is 38.5 Å². The average Bonchev–Trinajstić information content (AvgIpc) is 3.20. The number of benzene rings is 1. The van der Waals surface area contributed by atoms with Crippen LogP contribution in [0.2, 0.25) is 0 Å². The van der Waals surface area contributed by atoms with Crippen LogP contribution in [-0.2, 0) is 9.59 Å². The lowest BCUT2D eigenvalue weighted by Gasteiger charge is -2.26. The molecule has 0 radical (unpaired) electrons. The lowest BCUT2D eigenvalue weighted by Crippen LogP contribution is -2.45. The van der Waals surface area contributed by atoms with Crippen LogP contribution in [0.15, 0.2) is 28.7 Å². The highest BCUT2D eigenvalue weighted by Crippen LogP contribution is 2.30. The van der Waals surface area contributed by atoms with Gasteiger partial charge in [-0.05, 0) is 49.9 Å². The average molecular weight is 365 g/mol. The summed E-state index contributed by atoms with van der Waals surface area (Å²) < 4.78 is 0.976. The number of likely N-dealkylation sites (tertiary alicyclic amines) is 1. The molecule has 2 fully saturated rings. The highest BCUT2D eigenvalue weighted by molar-refractivity contribution is 9.10. The molecule has 1 saturated heterocycles. The van der Waals surface area contributed by atoms with Gasteiger partial charge < -0.3 is 10.2 Å². The van der Waals surface area contributed by atoms with Crippen molar-refractivity contribution in [3.63, 3.8) is 0 Å². The summed E-state index contributed by atoms with van der Waals surface area (Å²) >= 11 is 3.38. The minimum Gasteiger partial charge on any atom is -0.330 e. The highest BCUT2D eigenvalue weighted by Gasteiger charge is 2.37. The molecule has 1 aliphatic carbocycles. The first-order chi connectivity index (χ1) is 10.6. The van der Waals surface area contributed by atoms with Crippen LogP contribution in [0.25, 0.3) is 0 Å². The van der Waals surface area contributed by atoms with E-state index in [0.717, 1.165) is 48.7 Å². The molecule has 2 aliphatic rings. The normalized spacial score (nSPS) is 22.0. The predicted octanol–water partition coefficient (Wildman–Crippen LogP) is 3.57. The Hall–Kier alpha value is -1.36. The molecule has 5 heteroatoms. The predicted molar refractivity (Wildman–Crippen MR) is 89.5 cm³/mol. The molecule has 0 spiro atoms. The van der Waals surface area contributed by atoms with E-state index in [-0.39, 0.29) is 23.8 Å². The third kappa shape index (κ3) is 3.35. The van der Waals surface area contributed by atoms with E-state index in [1.807, 2.05) is 29.2 Å². The van der Waals surface area contributed by atoms with Gasteiger partial charge in [-0.2, -0.15) is 0 Å². The van der Waals surface area contributed by atoms with Crippen molar-refractivity contribution >= 4 is 33.4 Å². The van der Waals surface area contributed by atoms with Crippen molar-refractivity contribution in [2.45, 2.75) is 44.6 Å². The van der Waals surface area contributed by atoms with Crippen molar-refractivity contribution < 1.29 is 9.59 Å². The molecular weight excluding hydrogens is 344 g/mol. The van der Waals surface area contributed by atoms with E-state index in [4.69, 9.17) is 0 Å². The SMILES string of the molecule is O=C(Nc1ccc(Br)cc1)C1CCCN1C(=O)C1CCCC1. The van der Waals surface area contributed by atoms with Crippen LogP contribution in [-0.4, -0.2) is 29.3 Å². The van der Waals surface area contributed by atoms with Crippen LogP contribution >= 0.6 is 15.9 Å². The van der Waals surface area contributed by atoms with Gasteiger partial charge in [-0.3, -0.25) is 9.59 Å². The highest BCUT2D eigenvalue weighted by atomic mass is 79.9. The number of halogens is 1. The number of hydrogen-bond donors (Lipinski definition) is 1. The Morgan fingerprint density at radius 2 is 1.73 bits per heavy atom. The zero-order chi connectivity index (χ0) is 15.5. The number of anilines is 1. The van der Waals surface area contributed by atoms with E-state index in [0.29, 0.717) is 6.54 Å². The largest absolute Gasteiger partial charge is 0.330 e. The number of nitrogens with zero attached hydrogens (tertiary/aromatic N) is 1. The van der Waals surface area contributed by atoms with Crippen molar-refractivity contribution in [2.24, 2.45) is 5.92 Å². The summed E-state index contributed by atoms with van der Waals surface area (Å²) in [6.07, 6.45) is 5.92. The second kappa shape index (κ2) is 6.82. The van der Waals surface area contributed by atoms with Gasteiger partial charge >= 0.3 is 0 Å². The maximum absolute atomic E-state index is 12.6. The Bertz CT molecular complexity index is 552. The maximum Gasteiger partial charge on any atom is 0.247 e. The van der Waals surface area contributed by atoms with Gasteiger partial charge in [0.15, 0.2) is 0 Å². The second-order valence-corrected chi connectivity index (χ2v) is 7.08. The number of amides is 2. The Morgan fingerprint density at radius 1 is 1.05 bits per heavy atom. The first-order valence-corrected chi connectivity index (χ1v) is 8.81. The fourth-order valence-electron chi connectivity index (χ4n) is 3.47. The van der Waals surface area contributed by atoms with E-state index >= 15 is 0 Å². The quantitative estimate of drug-likeness (QED) is 0.890. The van der Waals surface area contributed by atoms with Gasteiger partial charge in [0.25, 0.3) is 0 Å². The standard InChI is InChI=1S/C17H21BrN2O2/c18-13-7-9-14(10-8-13)19-16(21)15-6-3-11-20(15)17(22)12-4-1-2-5-12/h7-10,12,15H,1-6,11H2,(H,19,21). The molecule has 1 saturated carbocycles. The number of nitrogens with one attached hydrogen (secondary N) is 1. The summed E-state index contributed by atoms with van der Waals surface area (Å²) in [6, 6.07) is 7.20. The third-order valence-electron chi connectivity index (χ3n) is 4.65. The van der Waals surface area contributed by atoms with Gasteiger partial charge in [0.1, 0.15) is 6.04 Å². The molecule has 4 nitrogen and oxygen atoms in total. The van der Waals surface area contributed by atoms with Gasteiger partial charge in [0, 0.05) is 22.6 Å². The number of rotatable bonds is 3. The smallest absolute Gasteiger partial charge is 0.247 e. The van der Waals surface area contributed by atoms with Crippen molar-refractivity contribution in [3.8, 4) is 0 Å². The Morgan fingerprint density at radius 3 is 2.41 bits per heavy atom. The third-order valence-corrected chi connectivity index (χ3v) is 5.18. The molecule has 2 amide bonds. The fraction of sp³-hybridized carbons (Fsp3) is 0.529. The fourth-order valence-corrected chi connectivity index (χ4v) is 3.73. The van der Waals surface area contributed by atoms with Gasteiger partial charge in [0.2, 0.25) is 11.8 Å². The lowest BCUT2D eigenvalue weighted by atomic mass is 10.1. The first kappa shape index (κ1) is 15.5. The van der Waals surface area contributed by atoms with Crippen molar-refractivity contribution in [1.82, 2.24) is 4.90 Å². The number of carbonyl (C=O) groups excluding carboxylic acids is 2. The maximum atomic E-state index is 12.6. The zero-order valence-electron chi connectivity index (χ0n) is 12.6. The van der Waals surface area contributed by atoms with E-state index in [2.05, 4.69) is 21.2 Å². The van der Waals surface area contributed by atoms with E-state index in [1.54, 1.807) is 0 Å². The van der Waals surface area contributed by atoms with Gasteiger partial charge in [0.05, 0.1) is 0 Å². The second-order valence-electron chi connectivity index (χ2n) is 6.17. The van der Waals surface area contributed by atoms with Gasteiger partial charge in [-0.1, -0.05) is 28.8 Å². The molecule has 1 aromatic carbocycles. The molecule has 1 unspecified atom stereocenters. The zero-order valence-corrected chi connectivity index (χ0v) is 14.1. The van der Waals surface area contributed by atoms with E-state index in [1.165, 1.54) is 0 Å². The number of carbonyl (C=O) groups is 2. The van der Waals surface area contributed by atoms with Crippen molar-refractivity contribution in [2.75, 3.05) is 11.9 Å². The molecule has 0 bridgehead atoms. The summed E-state index contributed by atoms with van der Waals surface area (Å²) in [5.41, 5.74) is 0.772. The summed E-state index contributed by atoms with van der Waals surface area (Å²) in [7, 11) is 0. The molecule has 0 aromatic heterocycles. The Labute approximate surface area is 139 Å². The molecule has 1 atom stereocenters. The minimum absolute atomic E-state index is 0.0637. The van der Waals surface area contributed by atoms with Crippen molar-refractivity contribution in [1.29, 1.82) is 0 Å². The monoisotopic (exact) mass is 364 g/mol. The molecule has 1 aliphatic heterocycles. The van der Waals surface area contributed by atoms with Crippen LogP contribution in [0.4, 0.5) is 5.69 Å². The molecule has 1 heterocycles. The molecule has 22 heavy (non-hydrogen) atoms. The topological polar surface area (TPSA) is 49.4 Å². The molecule has 3 rings (SSSR count). The van der Waals surface area contributed by atoms with E-state index in [9.17, 15) is 9.59 Å². The van der Waals surface area contributed by atoms with Crippen LogP contribution in [0.5, 0.6) is 0 Å².